The molecule has 2 aromatic rings. The highest BCUT2D eigenvalue weighted by atomic mass is 19.1. The van der Waals surface area contributed by atoms with Gasteiger partial charge in [-0.05, 0) is 49.6 Å². The Kier molecular flexibility index (Phi) is 7.55. The minimum absolute atomic E-state index is 0.0220. The number of halogens is 3. The van der Waals surface area contributed by atoms with Crippen molar-refractivity contribution in [2.75, 3.05) is 19.7 Å². The Hall–Kier alpha value is -3.03. The van der Waals surface area contributed by atoms with E-state index in [0.717, 1.165) is 17.7 Å². The van der Waals surface area contributed by atoms with Gasteiger partial charge < -0.3 is 15.0 Å². The molecule has 31 heavy (non-hydrogen) atoms. The summed E-state index contributed by atoms with van der Waals surface area (Å²) in [6.45, 7) is 2.63. The number of hydrogen-bond donors (Lipinski definition) is 1. The fourth-order valence-corrected chi connectivity index (χ4v) is 3.52. The van der Waals surface area contributed by atoms with E-state index in [4.69, 9.17) is 4.74 Å². The number of rotatable bonds is 7. The summed E-state index contributed by atoms with van der Waals surface area (Å²) in [5.74, 6) is -2.59. The molecular weight excluding hydrogens is 409 g/mol. The molecule has 2 aromatic carbocycles. The first-order valence-electron chi connectivity index (χ1n) is 10.2. The molecule has 1 heterocycles. The van der Waals surface area contributed by atoms with Crippen LogP contribution >= 0.6 is 0 Å². The van der Waals surface area contributed by atoms with E-state index in [1.165, 1.54) is 18.2 Å². The number of hydrogen-bond acceptors (Lipinski definition) is 3. The van der Waals surface area contributed by atoms with Gasteiger partial charge >= 0.3 is 0 Å². The predicted molar refractivity (Wildman–Crippen MR) is 109 cm³/mol. The molecule has 0 radical (unpaired) electrons. The zero-order chi connectivity index (χ0) is 22.4. The summed E-state index contributed by atoms with van der Waals surface area (Å²) in [5, 5.41) is 2.83. The van der Waals surface area contributed by atoms with Crippen LogP contribution in [-0.4, -0.2) is 42.5 Å². The van der Waals surface area contributed by atoms with Crippen molar-refractivity contribution in [1.29, 1.82) is 0 Å². The average molecular weight is 434 g/mol. The lowest BCUT2D eigenvalue weighted by molar-refractivity contribution is -0.135. The predicted octanol–water partition coefficient (Wildman–Crippen LogP) is 3.47. The molecule has 3 rings (SSSR count). The van der Waals surface area contributed by atoms with E-state index in [2.05, 4.69) is 5.32 Å². The maximum atomic E-state index is 13.6. The molecule has 166 valence electrons. The fourth-order valence-electron chi connectivity index (χ4n) is 3.52. The molecule has 0 aliphatic carbocycles. The normalized spacial score (nSPS) is 17.2. The third-order valence-corrected chi connectivity index (χ3v) is 5.18. The third kappa shape index (κ3) is 6.47. The van der Waals surface area contributed by atoms with Gasteiger partial charge in [0.25, 0.3) is 0 Å². The van der Waals surface area contributed by atoms with Crippen molar-refractivity contribution >= 4 is 11.8 Å². The average Bonchev–Trinajstić information content (AvgIpc) is 2.74. The highest BCUT2D eigenvalue weighted by Crippen LogP contribution is 2.19. The van der Waals surface area contributed by atoms with Gasteiger partial charge in [-0.2, -0.15) is 0 Å². The molecule has 1 saturated heterocycles. The highest BCUT2D eigenvalue weighted by molar-refractivity contribution is 5.82. The molecule has 1 aliphatic rings. The highest BCUT2D eigenvalue weighted by Gasteiger charge is 2.29. The molecule has 2 atom stereocenters. The van der Waals surface area contributed by atoms with Crippen molar-refractivity contribution in [3.05, 3.63) is 65.5 Å². The molecule has 2 amide bonds. The number of nitrogens with one attached hydrogen (secondary N) is 1. The molecular formula is C23H25F3N2O3. The quantitative estimate of drug-likeness (QED) is 0.726. The summed E-state index contributed by atoms with van der Waals surface area (Å²) in [6, 6.07) is 8.42. The molecule has 0 spiro atoms. The Morgan fingerprint density at radius 2 is 1.84 bits per heavy atom. The summed E-state index contributed by atoms with van der Waals surface area (Å²) in [4.78, 5) is 26.9. The van der Waals surface area contributed by atoms with Crippen molar-refractivity contribution in [1.82, 2.24) is 10.2 Å². The van der Waals surface area contributed by atoms with Crippen LogP contribution in [0.2, 0.25) is 0 Å². The second kappa shape index (κ2) is 10.3. The number of likely N-dealkylation sites (tertiary alicyclic amines) is 1. The van der Waals surface area contributed by atoms with E-state index < -0.39 is 17.7 Å². The molecule has 2 unspecified atom stereocenters. The maximum absolute atomic E-state index is 13.6. The van der Waals surface area contributed by atoms with E-state index in [0.29, 0.717) is 25.9 Å². The van der Waals surface area contributed by atoms with E-state index in [1.54, 1.807) is 24.0 Å². The van der Waals surface area contributed by atoms with Crippen LogP contribution in [0.5, 0.6) is 5.75 Å². The SMILES string of the molecule is CC(COc1ccc(F)cc1F)NC(=O)C1CCCN(C(=O)Cc2ccc(F)cc2)C1. The van der Waals surface area contributed by atoms with Crippen molar-refractivity contribution in [2.45, 2.75) is 32.2 Å². The van der Waals surface area contributed by atoms with Crippen LogP contribution in [0.4, 0.5) is 13.2 Å². The number of amides is 2. The van der Waals surface area contributed by atoms with E-state index >= 15 is 0 Å². The van der Waals surface area contributed by atoms with E-state index in [-0.39, 0.29) is 42.3 Å². The number of piperidine rings is 1. The third-order valence-electron chi connectivity index (χ3n) is 5.18. The van der Waals surface area contributed by atoms with Gasteiger partial charge in [0, 0.05) is 19.2 Å². The van der Waals surface area contributed by atoms with Crippen LogP contribution in [0.1, 0.15) is 25.3 Å². The van der Waals surface area contributed by atoms with Gasteiger partial charge in [-0.25, -0.2) is 13.2 Å². The second-order valence-electron chi connectivity index (χ2n) is 7.78. The number of carbonyl (C=O) groups is 2. The Balaban J connectivity index is 1.48. The van der Waals surface area contributed by atoms with Gasteiger partial charge in [-0.15, -0.1) is 0 Å². The molecule has 0 bridgehead atoms. The summed E-state index contributed by atoms with van der Waals surface area (Å²) >= 11 is 0. The van der Waals surface area contributed by atoms with Gasteiger partial charge in [-0.1, -0.05) is 12.1 Å². The molecule has 5 nitrogen and oxygen atoms in total. The second-order valence-corrected chi connectivity index (χ2v) is 7.78. The first-order chi connectivity index (χ1) is 14.8. The molecule has 8 heteroatoms. The van der Waals surface area contributed by atoms with Gasteiger partial charge in [0.05, 0.1) is 18.4 Å². The standard InChI is InChI=1S/C23H25F3N2O3/c1-15(14-31-21-9-8-19(25)12-20(21)26)27-23(30)17-3-2-10-28(13-17)22(29)11-16-4-6-18(24)7-5-16/h4-9,12,15,17H,2-3,10-11,13-14H2,1H3,(H,27,30). The minimum atomic E-state index is -0.805. The smallest absolute Gasteiger partial charge is 0.227 e. The van der Waals surface area contributed by atoms with Gasteiger partial charge in [0.1, 0.15) is 18.2 Å². The lowest BCUT2D eigenvalue weighted by Crippen LogP contribution is -2.48. The summed E-state index contributed by atoms with van der Waals surface area (Å²) in [5.41, 5.74) is 0.719. The summed E-state index contributed by atoms with van der Waals surface area (Å²) < 4.78 is 45.0. The monoisotopic (exact) mass is 434 g/mol. The Bertz CT molecular complexity index is 921. The van der Waals surface area contributed by atoms with Gasteiger partial charge in [-0.3, -0.25) is 9.59 Å². The first kappa shape index (κ1) is 22.7. The van der Waals surface area contributed by atoms with Crippen molar-refractivity contribution in [2.24, 2.45) is 5.92 Å². The molecule has 1 N–H and O–H groups in total. The number of ether oxygens (including phenoxy) is 1. The van der Waals surface area contributed by atoms with Gasteiger partial charge in [0.2, 0.25) is 11.8 Å². The first-order valence-corrected chi connectivity index (χ1v) is 10.2. The Morgan fingerprint density at radius 1 is 1.13 bits per heavy atom. The summed E-state index contributed by atoms with van der Waals surface area (Å²) in [6.07, 6.45) is 1.52. The van der Waals surface area contributed by atoms with Crippen molar-refractivity contribution in [3.8, 4) is 5.75 Å². The Morgan fingerprint density at radius 3 is 2.55 bits per heavy atom. The lowest BCUT2D eigenvalue weighted by Gasteiger charge is -2.32. The van der Waals surface area contributed by atoms with Crippen LogP contribution in [0.25, 0.3) is 0 Å². The number of carbonyl (C=O) groups excluding carboxylic acids is 2. The topological polar surface area (TPSA) is 58.6 Å². The number of nitrogens with zero attached hydrogens (tertiary/aromatic N) is 1. The van der Waals surface area contributed by atoms with E-state index in [9.17, 15) is 22.8 Å². The fraction of sp³-hybridized carbons (Fsp3) is 0.391. The summed E-state index contributed by atoms with van der Waals surface area (Å²) in [7, 11) is 0. The maximum Gasteiger partial charge on any atom is 0.227 e. The molecule has 0 aromatic heterocycles. The van der Waals surface area contributed by atoms with Crippen LogP contribution in [0.3, 0.4) is 0 Å². The van der Waals surface area contributed by atoms with Crippen LogP contribution in [-0.2, 0) is 16.0 Å². The van der Waals surface area contributed by atoms with Gasteiger partial charge in [0.15, 0.2) is 11.6 Å². The van der Waals surface area contributed by atoms with Crippen molar-refractivity contribution < 1.29 is 27.5 Å². The van der Waals surface area contributed by atoms with Crippen LogP contribution in [0, 0.1) is 23.4 Å². The van der Waals surface area contributed by atoms with Crippen LogP contribution in [0.15, 0.2) is 42.5 Å². The molecule has 1 aliphatic heterocycles. The number of benzene rings is 2. The lowest BCUT2D eigenvalue weighted by atomic mass is 9.96. The van der Waals surface area contributed by atoms with Crippen LogP contribution < -0.4 is 10.1 Å². The molecule has 0 saturated carbocycles. The zero-order valence-electron chi connectivity index (χ0n) is 17.2. The minimum Gasteiger partial charge on any atom is -0.488 e. The van der Waals surface area contributed by atoms with Crippen molar-refractivity contribution in [3.63, 3.8) is 0 Å². The molecule has 1 fully saturated rings. The Labute approximate surface area is 179 Å². The largest absolute Gasteiger partial charge is 0.488 e. The zero-order valence-corrected chi connectivity index (χ0v) is 17.2. The van der Waals surface area contributed by atoms with E-state index in [1.807, 2.05) is 0 Å².